The zero-order valence-corrected chi connectivity index (χ0v) is 13.9. The van der Waals surface area contributed by atoms with Crippen LogP contribution in [0.2, 0.25) is 0 Å². The van der Waals surface area contributed by atoms with Crippen LogP contribution in [0.4, 0.5) is 0 Å². The molecular weight excluding hydrogens is 318 g/mol. The quantitative estimate of drug-likeness (QED) is 0.787. The van der Waals surface area contributed by atoms with Gasteiger partial charge < -0.3 is 9.47 Å². The van der Waals surface area contributed by atoms with E-state index in [9.17, 15) is 9.59 Å². The lowest BCUT2D eigenvalue weighted by Crippen LogP contribution is -2.27. The molecule has 0 unspecified atom stereocenters. The summed E-state index contributed by atoms with van der Waals surface area (Å²) in [6.07, 6.45) is -0.286. The first-order valence-electron chi connectivity index (χ1n) is 8.25. The summed E-state index contributed by atoms with van der Waals surface area (Å²) in [5.41, 5.74) is 1.90. The van der Waals surface area contributed by atoms with E-state index in [1.165, 1.54) is 0 Å². The molecule has 1 heterocycles. The lowest BCUT2D eigenvalue weighted by Gasteiger charge is -2.15. The molecule has 128 valence electrons. The summed E-state index contributed by atoms with van der Waals surface area (Å²) >= 11 is 0. The minimum absolute atomic E-state index is 0.292. The number of rotatable bonds is 5. The summed E-state index contributed by atoms with van der Waals surface area (Å²) in [6, 6.07) is 17.6. The van der Waals surface area contributed by atoms with Gasteiger partial charge in [-0.05, 0) is 24.6 Å². The molecule has 25 heavy (non-hydrogen) atoms. The van der Waals surface area contributed by atoms with Crippen molar-refractivity contribution >= 4 is 17.7 Å². The SMILES string of the molecule is CCOC(=O)[C@@H]1C[C@H](OC(=O)c2ccccc2)C(c2ccccc2)=N1. The van der Waals surface area contributed by atoms with Crippen LogP contribution in [0.1, 0.15) is 29.3 Å². The van der Waals surface area contributed by atoms with Gasteiger partial charge in [0.05, 0.1) is 17.9 Å². The highest BCUT2D eigenvalue weighted by molar-refractivity contribution is 6.08. The van der Waals surface area contributed by atoms with Gasteiger partial charge in [-0.3, -0.25) is 4.99 Å². The van der Waals surface area contributed by atoms with Crippen LogP contribution >= 0.6 is 0 Å². The number of hydrogen-bond donors (Lipinski definition) is 0. The molecule has 0 spiro atoms. The standard InChI is InChI=1S/C20H19NO4/c1-2-24-20(23)16-13-17(18(21-16)14-9-5-3-6-10-14)25-19(22)15-11-7-4-8-12-15/h3-12,16-17H,2,13H2,1H3/t16-,17-/m0/s1. The Balaban J connectivity index is 1.83. The number of aliphatic imine (C=N–C) groups is 1. The summed E-state index contributed by atoms with van der Waals surface area (Å²) in [5.74, 6) is -0.826. The molecule has 5 heteroatoms. The Labute approximate surface area is 146 Å². The molecule has 0 saturated carbocycles. The zero-order chi connectivity index (χ0) is 17.6. The van der Waals surface area contributed by atoms with Gasteiger partial charge in [0, 0.05) is 6.42 Å². The third-order valence-corrected chi connectivity index (χ3v) is 3.92. The van der Waals surface area contributed by atoms with E-state index in [2.05, 4.69) is 4.99 Å². The monoisotopic (exact) mass is 337 g/mol. The van der Waals surface area contributed by atoms with Crippen LogP contribution in [0.5, 0.6) is 0 Å². The lowest BCUT2D eigenvalue weighted by atomic mass is 10.0. The van der Waals surface area contributed by atoms with Crippen LogP contribution in [0.25, 0.3) is 0 Å². The number of nitrogens with zero attached hydrogens (tertiary/aromatic N) is 1. The van der Waals surface area contributed by atoms with E-state index in [-0.39, 0.29) is 0 Å². The Kier molecular flexibility index (Phi) is 5.23. The van der Waals surface area contributed by atoms with E-state index >= 15 is 0 Å². The third kappa shape index (κ3) is 3.94. The van der Waals surface area contributed by atoms with Gasteiger partial charge in [0.1, 0.15) is 6.10 Å². The minimum Gasteiger partial charge on any atom is -0.464 e. The van der Waals surface area contributed by atoms with E-state index in [0.29, 0.717) is 24.3 Å². The fraction of sp³-hybridized carbons (Fsp3) is 0.250. The summed E-state index contributed by atoms with van der Waals surface area (Å²) < 4.78 is 10.7. The highest BCUT2D eigenvalue weighted by atomic mass is 16.5. The molecule has 1 aliphatic heterocycles. The van der Waals surface area contributed by atoms with Gasteiger partial charge in [0.2, 0.25) is 0 Å². The molecule has 0 amide bonds. The van der Waals surface area contributed by atoms with Crippen LogP contribution in [0, 0.1) is 0 Å². The first-order chi connectivity index (χ1) is 12.2. The van der Waals surface area contributed by atoms with Crippen molar-refractivity contribution in [3.63, 3.8) is 0 Å². The average molecular weight is 337 g/mol. The van der Waals surface area contributed by atoms with Gasteiger partial charge in [0.25, 0.3) is 0 Å². The summed E-state index contributed by atoms with van der Waals surface area (Å²) in [5, 5.41) is 0. The van der Waals surface area contributed by atoms with Crippen LogP contribution in [0.3, 0.4) is 0 Å². The maximum atomic E-state index is 12.4. The third-order valence-electron chi connectivity index (χ3n) is 3.92. The molecule has 5 nitrogen and oxygen atoms in total. The van der Waals surface area contributed by atoms with E-state index in [4.69, 9.17) is 9.47 Å². The molecular formula is C20H19NO4. The largest absolute Gasteiger partial charge is 0.464 e. The molecule has 2 atom stereocenters. The van der Waals surface area contributed by atoms with E-state index in [1.54, 1.807) is 31.2 Å². The molecule has 0 aromatic heterocycles. The number of esters is 2. The van der Waals surface area contributed by atoms with Gasteiger partial charge in [-0.15, -0.1) is 0 Å². The zero-order valence-electron chi connectivity index (χ0n) is 13.9. The number of carbonyl (C=O) groups excluding carboxylic acids is 2. The molecule has 0 aliphatic carbocycles. The average Bonchev–Trinajstić information content (AvgIpc) is 3.07. The second-order valence-corrected chi connectivity index (χ2v) is 5.64. The number of hydrogen-bond acceptors (Lipinski definition) is 5. The highest BCUT2D eigenvalue weighted by Gasteiger charge is 2.36. The Bertz CT molecular complexity index is 771. The first kappa shape index (κ1) is 16.9. The number of ether oxygens (including phenoxy) is 2. The summed E-state index contributed by atoms with van der Waals surface area (Å²) in [6.45, 7) is 2.04. The number of carbonyl (C=O) groups is 2. The Morgan fingerprint density at radius 1 is 1.04 bits per heavy atom. The Hall–Kier alpha value is -2.95. The second-order valence-electron chi connectivity index (χ2n) is 5.64. The van der Waals surface area contributed by atoms with Crippen molar-refractivity contribution in [2.24, 2.45) is 4.99 Å². The van der Waals surface area contributed by atoms with Crippen molar-refractivity contribution in [3.05, 3.63) is 71.8 Å². The molecule has 0 saturated heterocycles. The van der Waals surface area contributed by atoms with Crippen LogP contribution < -0.4 is 0 Å². The van der Waals surface area contributed by atoms with Gasteiger partial charge in [0.15, 0.2) is 6.04 Å². The molecule has 0 bridgehead atoms. The molecule has 2 aromatic carbocycles. The van der Waals surface area contributed by atoms with Crippen LogP contribution in [-0.4, -0.2) is 36.4 Å². The van der Waals surface area contributed by atoms with Gasteiger partial charge in [-0.1, -0.05) is 48.5 Å². The summed E-state index contributed by atoms with van der Waals surface area (Å²) in [7, 11) is 0. The van der Waals surface area contributed by atoms with Crippen LogP contribution in [0.15, 0.2) is 65.7 Å². The van der Waals surface area contributed by atoms with Gasteiger partial charge in [-0.25, -0.2) is 9.59 Å². The van der Waals surface area contributed by atoms with Crippen molar-refractivity contribution in [2.45, 2.75) is 25.5 Å². The topological polar surface area (TPSA) is 65.0 Å². The maximum Gasteiger partial charge on any atom is 0.338 e. The Morgan fingerprint density at radius 2 is 1.68 bits per heavy atom. The van der Waals surface area contributed by atoms with E-state index in [0.717, 1.165) is 5.56 Å². The summed E-state index contributed by atoms with van der Waals surface area (Å²) in [4.78, 5) is 28.9. The normalized spacial score (nSPS) is 19.2. The lowest BCUT2D eigenvalue weighted by molar-refractivity contribution is -0.144. The van der Waals surface area contributed by atoms with Crippen LogP contribution in [-0.2, 0) is 14.3 Å². The Morgan fingerprint density at radius 3 is 2.32 bits per heavy atom. The molecule has 1 aliphatic rings. The fourth-order valence-corrected chi connectivity index (χ4v) is 2.75. The fourth-order valence-electron chi connectivity index (χ4n) is 2.75. The smallest absolute Gasteiger partial charge is 0.338 e. The van der Waals surface area contributed by atoms with Crippen molar-refractivity contribution in [1.29, 1.82) is 0 Å². The highest BCUT2D eigenvalue weighted by Crippen LogP contribution is 2.24. The molecule has 0 N–H and O–H groups in total. The van der Waals surface area contributed by atoms with Gasteiger partial charge in [-0.2, -0.15) is 0 Å². The molecule has 0 radical (unpaired) electrons. The predicted octanol–water partition coefficient (Wildman–Crippen LogP) is 3.04. The first-order valence-corrected chi connectivity index (χ1v) is 8.25. The van der Waals surface area contributed by atoms with Crippen molar-refractivity contribution in [1.82, 2.24) is 0 Å². The van der Waals surface area contributed by atoms with Crippen molar-refractivity contribution in [3.8, 4) is 0 Å². The molecule has 3 rings (SSSR count). The second kappa shape index (κ2) is 7.75. The minimum atomic E-state index is -0.649. The van der Waals surface area contributed by atoms with Crippen molar-refractivity contribution in [2.75, 3.05) is 6.61 Å². The predicted molar refractivity (Wildman–Crippen MR) is 93.7 cm³/mol. The van der Waals surface area contributed by atoms with E-state index < -0.39 is 24.1 Å². The van der Waals surface area contributed by atoms with Crippen molar-refractivity contribution < 1.29 is 19.1 Å². The van der Waals surface area contributed by atoms with Gasteiger partial charge >= 0.3 is 11.9 Å². The molecule has 2 aromatic rings. The van der Waals surface area contributed by atoms with E-state index in [1.807, 2.05) is 36.4 Å². The maximum absolute atomic E-state index is 12.4. The number of benzene rings is 2. The molecule has 0 fully saturated rings.